The SMILES string of the molecule is C[C@@H]1Cc2cc(F)c(S(N)(=O)=O)cc2N1C(=O)[C@@H]1Cc2ccc(-c3cc(F)cc(F)c3F)cc2C1. The number of nitrogens with two attached hydrogens (primary N) is 1. The molecule has 0 saturated heterocycles. The molecule has 0 unspecified atom stereocenters. The van der Waals surface area contributed by atoms with Gasteiger partial charge in [0.15, 0.2) is 11.6 Å². The van der Waals surface area contributed by atoms with E-state index in [1.54, 1.807) is 25.1 Å². The van der Waals surface area contributed by atoms with Gasteiger partial charge in [-0.1, -0.05) is 18.2 Å². The lowest BCUT2D eigenvalue weighted by Crippen LogP contribution is -2.40. The Hall–Kier alpha value is -3.24. The summed E-state index contributed by atoms with van der Waals surface area (Å²) in [5.74, 6) is -5.06. The summed E-state index contributed by atoms with van der Waals surface area (Å²) in [6, 6.07) is 8.15. The molecule has 0 saturated carbocycles. The molecule has 1 aliphatic carbocycles. The monoisotopic (exact) mass is 504 g/mol. The number of sulfonamides is 1. The maximum absolute atomic E-state index is 14.3. The molecule has 5 nitrogen and oxygen atoms in total. The van der Waals surface area contributed by atoms with Crippen LogP contribution in [0, 0.1) is 29.2 Å². The smallest absolute Gasteiger partial charge is 0.241 e. The van der Waals surface area contributed by atoms with Crippen LogP contribution in [0.2, 0.25) is 0 Å². The number of anilines is 1. The van der Waals surface area contributed by atoms with Gasteiger partial charge in [0, 0.05) is 29.3 Å². The third-order valence-corrected chi connectivity index (χ3v) is 7.61. The first-order chi connectivity index (χ1) is 16.4. The van der Waals surface area contributed by atoms with Crippen LogP contribution in [0.1, 0.15) is 23.6 Å². The molecule has 1 heterocycles. The van der Waals surface area contributed by atoms with Gasteiger partial charge in [0.1, 0.15) is 16.5 Å². The molecule has 1 amide bonds. The van der Waals surface area contributed by atoms with E-state index in [1.807, 2.05) is 0 Å². The summed E-state index contributed by atoms with van der Waals surface area (Å²) in [5.41, 5.74) is 2.50. The standard InChI is InChI=1S/C25H20F4N2O3S/c1-12-4-16-8-20(27)23(35(30,33)34)11-22(16)31(12)25(32)17-5-13-2-3-14(6-15(13)7-17)19-9-18(26)10-21(28)24(19)29/h2-3,6,8-12,17H,4-5,7H2,1H3,(H2,30,33,34)/t12-,17-/m1/s1. The summed E-state index contributed by atoms with van der Waals surface area (Å²) in [6.07, 6.45) is 1.05. The second-order valence-electron chi connectivity index (χ2n) is 9.06. The van der Waals surface area contributed by atoms with Crippen molar-refractivity contribution in [1.82, 2.24) is 0 Å². The molecule has 5 rings (SSSR count). The van der Waals surface area contributed by atoms with Crippen molar-refractivity contribution in [1.29, 1.82) is 0 Å². The van der Waals surface area contributed by atoms with Gasteiger partial charge in [0.2, 0.25) is 15.9 Å². The fourth-order valence-corrected chi connectivity index (χ4v) is 5.70. The number of carbonyl (C=O) groups excluding carboxylic acids is 1. The first-order valence-electron chi connectivity index (χ1n) is 10.9. The maximum Gasteiger partial charge on any atom is 0.241 e. The number of fused-ring (bicyclic) bond motifs is 2. The minimum Gasteiger partial charge on any atom is -0.309 e. The van der Waals surface area contributed by atoms with Gasteiger partial charge in [-0.25, -0.2) is 31.1 Å². The Morgan fingerprint density at radius 2 is 1.63 bits per heavy atom. The normalized spacial score (nSPS) is 19.1. The molecule has 0 bridgehead atoms. The van der Waals surface area contributed by atoms with Crippen LogP contribution >= 0.6 is 0 Å². The van der Waals surface area contributed by atoms with Gasteiger partial charge in [-0.15, -0.1) is 0 Å². The van der Waals surface area contributed by atoms with Crippen molar-refractivity contribution in [2.75, 3.05) is 4.90 Å². The molecule has 2 aliphatic rings. The lowest BCUT2D eigenvalue weighted by atomic mass is 10.00. The van der Waals surface area contributed by atoms with E-state index < -0.39 is 44.1 Å². The Balaban J connectivity index is 1.45. The highest BCUT2D eigenvalue weighted by molar-refractivity contribution is 7.89. The molecule has 0 fully saturated rings. The second-order valence-corrected chi connectivity index (χ2v) is 10.6. The van der Waals surface area contributed by atoms with E-state index in [9.17, 15) is 30.8 Å². The Morgan fingerprint density at radius 3 is 2.34 bits per heavy atom. The Labute approximate surface area is 199 Å². The molecule has 182 valence electrons. The molecule has 3 aromatic carbocycles. The summed E-state index contributed by atoms with van der Waals surface area (Å²) in [7, 11) is -4.32. The predicted octanol–water partition coefficient (Wildman–Crippen LogP) is 4.25. The molecule has 10 heteroatoms. The molecule has 0 aromatic heterocycles. The van der Waals surface area contributed by atoms with Crippen LogP contribution in [0.5, 0.6) is 0 Å². The third-order valence-electron chi connectivity index (χ3n) is 6.68. The van der Waals surface area contributed by atoms with Gasteiger partial charge in [0.05, 0.1) is 0 Å². The van der Waals surface area contributed by atoms with E-state index in [0.29, 0.717) is 42.1 Å². The summed E-state index contributed by atoms with van der Waals surface area (Å²) in [6.45, 7) is 1.79. The highest BCUT2D eigenvalue weighted by Crippen LogP contribution is 2.39. The number of benzene rings is 3. The van der Waals surface area contributed by atoms with E-state index in [-0.39, 0.29) is 17.5 Å². The fourth-order valence-electron chi connectivity index (χ4n) is 5.10. The van der Waals surface area contributed by atoms with Crippen molar-refractivity contribution >= 4 is 21.6 Å². The van der Waals surface area contributed by atoms with E-state index in [4.69, 9.17) is 5.14 Å². The highest BCUT2D eigenvalue weighted by Gasteiger charge is 2.38. The van der Waals surface area contributed by atoms with Crippen molar-refractivity contribution in [3.05, 3.63) is 82.4 Å². The van der Waals surface area contributed by atoms with Crippen molar-refractivity contribution < 1.29 is 30.8 Å². The lowest BCUT2D eigenvalue weighted by molar-refractivity contribution is -0.122. The fraction of sp³-hybridized carbons (Fsp3) is 0.240. The average Bonchev–Trinajstić information content (AvgIpc) is 3.33. The van der Waals surface area contributed by atoms with Crippen LogP contribution in [0.3, 0.4) is 0 Å². The second kappa shape index (κ2) is 8.17. The number of primary sulfonamides is 1. The van der Waals surface area contributed by atoms with Crippen molar-refractivity contribution in [2.24, 2.45) is 11.1 Å². The van der Waals surface area contributed by atoms with Crippen LogP contribution < -0.4 is 10.0 Å². The molecule has 0 radical (unpaired) electrons. The van der Waals surface area contributed by atoms with Crippen LogP contribution in [0.25, 0.3) is 11.1 Å². The van der Waals surface area contributed by atoms with Crippen LogP contribution in [0.4, 0.5) is 23.2 Å². The molecule has 2 N–H and O–H groups in total. The Morgan fingerprint density at radius 1 is 0.914 bits per heavy atom. The first-order valence-corrected chi connectivity index (χ1v) is 12.4. The van der Waals surface area contributed by atoms with Crippen LogP contribution in [0.15, 0.2) is 47.4 Å². The summed E-state index contributed by atoms with van der Waals surface area (Å²) < 4.78 is 79.5. The summed E-state index contributed by atoms with van der Waals surface area (Å²) in [4.78, 5) is 14.3. The van der Waals surface area contributed by atoms with E-state index in [1.165, 1.54) is 4.90 Å². The van der Waals surface area contributed by atoms with Gasteiger partial charge in [0.25, 0.3) is 0 Å². The number of hydrogen-bond acceptors (Lipinski definition) is 3. The number of nitrogens with zero attached hydrogens (tertiary/aromatic N) is 1. The third kappa shape index (κ3) is 4.00. The van der Waals surface area contributed by atoms with Gasteiger partial charge in [-0.2, -0.15) is 0 Å². The summed E-state index contributed by atoms with van der Waals surface area (Å²) >= 11 is 0. The number of rotatable bonds is 3. The van der Waals surface area contributed by atoms with Gasteiger partial charge < -0.3 is 4.90 Å². The molecular formula is C25H20F4N2O3S. The number of carbonyl (C=O) groups is 1. The molecule has 35 heavy (non-hydrogen) atoms. The predicted molar refractivity (Wildman–Crippen MR) is 121 cm³/mol. The molecular weight excluding hydrogens is 484 g/mol. The zero-order valence-corrected chi connectivity index (χ0v) is 19.3. The molecule has 3 aromatic rings. The van der Waals surface area contributed by atoms with Crippen molar-refractivity contribution in [3.8, 4) is 11.1 Å². The van der Waals surface area contributed by atoms with Gasteiger partial charge >= 0.3 is 0 Å². The largest absolute Gasteiger partial charge is 0.309 e. The number of halogens is 4. The first kappa shape index (κ1) is 23.5. The quantitative estimate of drug-likeness (QED) is 0.428. The lowest BCUT2D eigenvalue weighted by Gasteiger charge is -2.26. The maximum atomic E-state index is 14.3. The van der Waals surface area contributed by atoms with E-state index in [2.05, 4.69) is 0 Å². The van der Waals surface area contributed by atoms with Crippen molar-refractivity contribution in [2.45, 2.75) is 37.1 Å². The average molecular weight is 505 g/mol. The summed E-state index contributed by atoms with van der Waals surface area (Å²) in [5, 5.41) is 5.13. The van der Waals surface area contributed by atoms with Crippen LogP contribution in [-0.4, -0.2) is 20.4 Å². The zero-order valence-electron chi connectivity index (χ0n) is 18.5. The number of amides is 1. The number of hydrogen-bond donors (Lipinski definition) is 1. The topological polar surface area (TPSA) is 80.5 Å². The van der Waals surface area contributed by atoms with Crippen LogP contribution in [-0.2, 0) is 34.1 Å². The van der Waals surface area contributed by atoms with E-state index in [0.717, 1.165) is 29.3 Å². The van der Waals surface area contributed by atoms with Crippen molar-refractivity contribution in [3.63, 3.8) is 0 Å². The van der Waals surface area contributed by atoms with Gasteiger partial charge in [-0.3, -0.25) is 4.79 Å². The Kier molecular flexibility index (Phi) is 5.48. The van der Waals surface area contributed by atoms with Gasteiger partial charge in [-0.05, 0) is 66.6 Å². The van der Waals surface area contributed by atoms with E-state index >= 15 is 0 Å². The minimum absolute atomic E-state index is 0.209. The zero-order chi connectivity index (χ0) is 25.2. The highest BCUT2D eigenvalue weighted by atomic mass is 32.2. The minimum atomic E-state index is -4.32. The molecule has 1 aliphatic heterocycles. The Bertz CT molecular complexity index is 1510. The molecule has 2 atom stereocenters. The molecule has 0 spiro atoms.